The SMILES string of the molecule is CSc1ccccc1CC(=O)Nc1ncnc2c1c(C)c(C)n2CC1CCCO1. The lowest BCUT2D eigenvalue weighted by Crippen LogP contribution is -2.17. The third-order valence-corrected chi connectivity index (χ3v) is 6.46. The van der Waals surface area contributed by atoms with Crippen LogP contribution in [0.2, 0.25) is 0 Å². The van der Waals surface area contributed by atoms with Gasteiger partial charge in [-0.05, 0) is 50.1 Å². The largest absolute Gasteiger partial charge is 0.376 e. The van der Waals surface area contributed by atoms with Gasteiger partial charge in [0, 0.05) is 17.2 Å². The molecule has 1 N–H and O–H groups in total. The van der Waals surface area contributed by atoms with Crippen LogP contribution in [-0.4, -0.2) is 39.4 Å². The summed E-state index contributed by atoms with van der Waals surface area (Å²) in [4.78, 5) is 22.8. The predicted octanol–water partition coefficient (Wildman–Crippen LogP) is 4.13. The Kier molecular flexibility index (Phi) is 5.87. The van der Waals surface area contributed by atoms with Gasteiger partial charge in [-0.15, -0.1) is 11.8 Å². The normalized spacial score (nSPS) is 16.4. The van der Waals surface area contributed by atoms with Gasteiger partial charge in [-0.2, -0.15) is 0 Å². The fourth-order valence-corrected chi connectivity index (χ4v) is 4.59. The van der Waals surface area contributed by atoms with Crippen LogP contribution in [0.25, 0.3) is 11.0 Å². The van der Waals surface area contributed by atoms with E-state index >= 15 is 0 Å². The van der Waals surface area contributed by atoms with Gasteiger partial charge in [-0.25, -0.2) is 9.97 Å². The Labute approximate surface area is 175 Å². The molecular formula is C22H26N4O2S. The Hall–Kier alpha value is -2.38. The van der Waals surface area contributed by atoms with Crippen LogP contribution in [0, 0.1) is 13.8 Å². The lowest BCUT2D eigenvalue weighted by Gasteiger charge is -2.13. The fraction of sp³-hybridized carbons (Fsp3) is 0.409. The topological polar surface area (TPSA) is 69.0 Å². The number of rotatable bonds is 6. The number of anilines is 1. The van der Waals surface area contributed by atoms with E-state index in [1.54, 1.807) is 11.8 Å². The second kappa shape index (κ2) is 8.55. The van der Waals surface area contributed by atoms with Gasteiger partial charge in [0.15, 0.2) is 0 Å². The standard InChI is InChI=1S/C22H26N4O2S/c1-14-15(2)26(12-17-8-6-10-28-17)22-20(14)21(23-13-24-22)25-19(27)11-16-7-4-5-9-18(16)29-3/h4-5,7,9,13,17H,6,8,10-12H2,1-3H3,(H,23,24,25,27). The molecule has 0 spiro atoms. The number of benzene rings is 1. The highest BCUT2D eigenvalue weighted by atomic mass is 32.2. The van der Waals surface area contributed by atoms with E-state index in [0.717, 1.165) is 58.7 Å². The van der Waals surface area contributed by atoms with Gasteiger partial charge in [-0.1, -0.05) is 18.2 Å². The average Bonchev–Trinajstić information content (AvgIpc) is 3.32. The van der Waals surface area contributed by atoms with Crippen LogP contribution in [-0.2, 0) is 22.5 Å². The zero-order valence-corrected chi connectivity index (χ0v) is 17.9. The predicted molar refractivity (Wildman–Crippen MR) is 117 cm³/mol. The molecule has 0 radical (unpaired) electrons. The molecule has 152 valence electrons. The van der Waals surface area contributed by atoms with Crippen LogP contribution in [0.1, 0.15) is 29.7 Å². The average molecular weight is 411 g/mol. The number of aryl methyl sites for hydroxylation is 1. The first-order chi connectivity index (χ1) is 14.1. The summed E-state index contributed by atoms with van der Waals surface area (Å²) in [5.74, 6) is 0.503. The molecule has 1 aliphatic heterocycles. The van der Waals surface area contributed by atoms with E-state index in [4.69, 9.17) is 4.74 Å². The van der Waals surface area contributed by atoms with E-state index in [2.05, 4.69) is 33.7 Å². The molecule has 2 aromatic heterocycles. The summed E-state index contributed by atoms with van der Waals surface area (Å²) in [6, 6.07) is 7.98. The number of fused-ring (bicyclic) bond motifs is 1. The quantitative estimate of drug-likeness (QED) is 0.619. The highest BCUT2D eigenvalue weighted by Gasteiger charge is 2.22. The highest BCUT2D eigenvalue weighted by molar-refractivity contribution is 7.98. The number of ether oxygens (including phenoxy) is 1. The molecule has 7 heteroatoms. The zero-order valence-electron chi connectivity index (χ0n) is 17.1. The molecule has 29 heavy (non-hydrogen) atoms. The minimum Gasteiger partial charge on any atom is -0.376 e. The van der Waals surface area contributed by atoms with Crippen LogP contribution >= 0.6 is 11.8 Å². The summed E-state index contributed by atoms with van der Waals surface area (Å²) < 4.78 is 8.01. The number of hydrogen-bond acceptors (Lipinski definition) is 5. The minimum atomic E-state index is -0.0737. The lowest BCUT2D eigenvalue weighted by atomic mass is 10.1. The van der Waals surface area contributed by atoms with Crippen LogP contribution in [0.5, 0.6) is 0 Å². The summed E-state index contributed by atoms with van der Waals surface area (Å²) >= 11 is 1.65. The Morgan fingerprint density at radius 1 is 1.31 bits per heavy atom. The van der Waals surface area contributed by atoms with E-state index in [0.29, 0.717) is 12.2 Å². The molecule has 0 saturated carbocycles. The van der Waals surface area contributed by atoms with Crippen molar-refractivity contribution in [3.63, 3.8) is 0 Å². The smallest absolute Gasteiger partial charge is 0.230 e. The summed E-state index contributed by atoms with van der Waals surface area (Å²) in [5.41, 5.74) is 4.11. The van der Waals surface area contributed by atoms with Crippen molar-refractivity contribution in [2.24, 2.45) is 0 Å². The number of nitrogens with one attached hydrogen (secondary N) is 1. The number of nitrogens with zero attached hydrogens (tertiary/aromatic N) is 3. The van der Waals surface area contributed by atoms with E-state index in [-0.39, 0.29) is 12.0 Å². The fourth-order valence-electron chi connectivity index (χ4n) is 3.98. The van der Waals surface area contributed by atoms with Gasteiger partial charge >= 0.3 is 0 Å². The molecule has 0 bridgehead atoms. The lowest BCUT2D eigenvalue weighted by molar-refractivity contribution is -0.115. The number of aromatic nitrogens is 3. The molecule has 3 aromatic rings. The zero-order chi connectivity index (χ0) is 20.4. The maximum atomic E-state index is 12.8. The molecule has 1 unspecified atom stereocenters. The first kappa shape index (κ1) is 19.9. The first-order valence-corrected chi connectivity index (χ1v) is 11.1. The molecule has 0 aliphatic carbocycles. The maximum Gasteiger partial charge on any atom is 0.230 e. The van der Waals surface area contributed by atoms with Crippen molar-refractivity contribution in [2.75, 3.05) is 18.2 Å². The first-order valence-electron chi connectivity index (χ1n) is 9.92. The number of thioether (sulfide) groups is 1. The van der Waals surface area contributed by atoms with E-state index < -0.39 is 0 Å². The Morgan fingerprint density at radius 3 is 2.90 bits per heavy atom. The van der Waals surface area contributed by atoms with E-state index in [1.165, 1.54) is 6.33 Å². The molecule has 1 aromatic carbocycles. The maximum absolute atomic E-state index is 12.8. The van der Waals surface area contributed by atoms with Crippen LogP contribution in [0.4, 0.5) is 5.82 Å². The molecule has 1 amide bonds. The van der Waals surface area contributed by atoms with Crippen molar-refractivity contribution in [3.05, 3.63) is 47.4 Å². The summed E-state index contributed by atoms with van der Waals surface area (Å²) in [6.07, 6.45) is 6.26. The van der Waals surface area contributed by atoms with Gasteiger partial charge < -0.3 is 14.6 Å². The van der Waals surface area contributed by atoms with Gasteiger partial charge in [0.05, 0.1) is 24.5 Å². The Balaban J connectivity index is 1.61. The number of amides is 1. The molecule has 4 rings (SSSR count). The summed E-state index contributed by atoms with van der Waals surface area (Å²) in [7, 11) is 0. The Morgan fingerprint density at radius 2 is 2.14 bits per heavy atom. The van der Waals surface area contributed by atoms with Crippen LogP contribution < -0.4 is 5.32 Å². The number of carbonyl (C=O) groups is 1. The van der Waals surface area contributed by atoms with Gasteiger partial charge in [0.25, 0.3) is 0 Å². The minimum absolute atomic E-state index is 0.0737. The second-order valence-corrected chi connectivity index (χ2v) is 8.26. The Bertz CT molecular complexity index is 1040. The van der Waals surface area contributed by atoms with Gasteiger partial charge in [-0.3, -0.25) is 4.79 Å². The number of carbonyl (C=O) groups excluding carboxylic acids is 1. The van der Waals surface area contributed by atoms with Gasteiger partial charge in [0.1, 0.15) is 17.8 Å². The van der Waals surface area contributed by atoms with Crippen molar-refractivity contribution in [1.82, 2.24) is 14.5 Å². The molecule has 1 fully saturated rings. The van der Waals surface area contributed by atoms with E-state index in [1.807, 2.05) is 30.5 Å². The molecule has 6 nitrogen and oxygen atoms in total. The van der Waals surface area contributed by atoms with Crippen molar-refractivity contribution in [3.8, 4) is 0 Å². The van der Waals surface area contributed by atoms with E-state index in [9.17, 15) is 4.79 Å². The molecule has 1 aliphatic rings. The monoisotopic (exact) mass is 410 g/mol. The highest BCUT2D eigenvalue weighted by Crippen LogP contribution is 2.30. The number of hydrogen-bond donors (Lipinski definition) is 1. The van der Waals surface area contributed by atoms with Crippen LogP contribution in [0.3, 0.4) is 0 Å². The van der Waals surface area contributed by atoms with Gasteiger partial charge in [0.2, 0.25) is 5.91 Å². The third kappa shape index (κ3) is 4.02. The summed E-state index contributed by atoms with van der Waals surface area (Å²) in [5, 5.41) is 3.93. The van der Waals surface area contributed by atoms with Crippen molar-refractivity contribution >= 4 is 34.5 Å². The van der Waals surface area contributed by atoms with Crippen LogP contribution in [0.15, 0.2) is 35.5 Å². The second-order valence-electron chi connectivity index (χ2n) is 7.41. The van der Waals surface area contributed by atoms with Crippen molar-refractivity contribution in [1.29, 1.82) is 0 Å². The molecule has 3 heterocycles. The van der Waals surface area contributed by atoms with Crippen molar-refractivity contribution < 1.29 is 9.53 Å². The molecule has 1 atom stereocenters. The summed E-state index contributed by atoms with van der Waals surface area (Å²) in [6.45, 7) is 5.76. The molecular weight excluding hydrogens is 384 g/mol. The van der Waals surface area contributed by atoms with Crippen molar-refractivity contribution in [2.45, 2.75) is 50.7 Å². The third-order valence-electron chi connectivity index (χ3n) is 5.62. The molecule has 1 saturated heterocycles.